The predicted molar refractivity (Wildman–Crippen MR) is 96.6 cm³/mol. The Hall–Kier alpha value is -2.95. The summed E-state index contributed by atoms with van der Waals surface area (Å²) in [5.41, 5.74) is 3.52. The normalized spacial score (nSPS) is 12.3. The van der Waals surface area contributed by atoms with Crippen molar-refractivity contribution in [3.8, 4) is 0 Å². The quantitative estimate of drug-likeness (QED) is 0.456. The van der Waals surface area contributed by atoms with Crippen LogP contribution < -0.4 is 5.32 Å². The van der Waals surface area contributed by atoms with Crippen LogP contribution in [0.4, 0.5) is 0 Å². The summed E-state index contributed by atoms with van der Waals surface area (Å²) in [5, 5.41) is 2.83. The van der Waals surface area contributed by atoms with Crippen molar-refractivity contribution in [1.82, 2.24) is 10.3 Å². The smallest absolute Gasteiger partial charge is 0.333 e. The van der Waals surface area contributed by atoms with Crippen molar-refractivity contribution in [1.29, 1.82) is 0 Å². The molecule has 1 aromatic heterocycles. The number of carbonyl (C=O) groups is 2. The van der Waals surface area contributed by atoms with E-state index in [9.17, 15) is 9.59 Å². The van der Waals surface area contributed by atoms with E-state index in [1.54, 1.807) is 32.3 Å². The SMILES string of the molecule is CCOC(=O)/C(C)=C/c1ccc(CC(NC=O)c2cccnc2)cc1. The Morgan fingerprint density at radius 3 is 2.64 bits per heavy atom. The summed E-state index contributed by atoms with van der Waals surface area (Å²) in [6.45, 7) is 3.88. The second-order valence-electron chi connectivity index (χ2n) is 5.62. The van der Waals surface area contributed by atoms with Crippen LogP contribution in [-0.2, 0) is 20.7 Å². The third-order valence-corrected chi connectivity index (χ3v) is 3.76. The van der Waals surface area contributed by atoms with Crippen molar-refractivity contribution in [2.75, 3.05) is 6.61 Å². The van der Waals surface area contributed by atoms with Gasteiger partial charge in [-0.25, -0.2) is 4.79 Å². The summed E-state index contributed by atoms with van der Waals surface area (Å²) in [5.74, 6) is -0.307. The highest BCUT2D eigenvalue weighted by Gasteiger charge is 2.11. The standard InChI is InChI=1S/C20H22N2O3/c1-3-25-20(24)15(2)11-16-6-8-17(9-7-16)12-19(22-14-23)18-5-4-10-21-13-18/h4-11,13-14,19H,3,12H2,1-2H3,(H,22,23)/b15-11+. The van der Waals surface area contributed by atoms with E-state index in [2.05, 4.69) is 10.3 Å². The molecule has 5 nitrogen and oxygen atoms in total. The summed E-state index contributed by atoms with van der Waals surface area (Å²) < 4.78 is 4.97. The zero-order chi connectivity index (χ0) is 18.1. The summed E-state index contributed by atoms with van der Waals surface area (Å²) in [7, 11) is 0. The van der Waals surface area contributed by atoms with Crippen molar-refractivity contribution < 1.29 is 14.3 Å². The Morgan fingerprint density at radius 1 is 1.28 bits per heavy atom. The number of pyridine rings is 1. The molecular weight excluding hydrogens is 316 g/mol. The molecule has 0 saturated heterocycles. The molecule has 0 saturated carbocycles. The van der Waals surface area contributed by atoms with Gasteiger partial charge in [-0.15, -0.1) is 0 Å². The summed E-state index contributed by atoms with van der Waals surface area (Å²) >= 11 is 0. The minimum atomic E-state index is -0.307. The highest BCUT2D eigenvalue weighted by Crippen LogP contribution is 2.18. The Balaban J connectivity index is 2.09. The highest BCUT2D eigenvalue weighted by molar-refractivity contribution is 5.92. The van der Waals surface area contributed by atoms with Crippen molar-refractivity contribution in [2.45, 2.75) is 26.3 Å². The monoisotopic (exact) mass is 338 g/mol. The molecule has 1 amide bonds. The molecule has 0 aliphatic heterocycles. The van der Waals surface area contributed by atoms with Crippen LogP contribution in [0.1, 0.15) is 36.6 Å². The van der Waals surface area contributed by atoms with E-state index in [4.69, 9.17) is 4.74 Å². The fraction of sp³-hybridized carbons (Fsp3) is 0.250. The van der Waals surface area contributed by atoms with Gasteiger partial charge in [0.1, 0.15) is 0 Å². The predicted octanol–water partition coefficient (Wildman–Crippen LogP) is 3.08. The molecule has 0 aliphatic carbocycles. The summed E-state index contributed by atoms with van der Waals surface area (Å²) in [4.78, 5) is 26.6. The second kappa shape index (κ2) is 9.37. The van der Waals surface area contributed by atoms with Crippen LogP contribution in [0.15, 0.2) is 54.4 Å². The van der Waals surface area contributed by atoms with Gasteiger partial charge < -0.3 is 10.1 Å². The Labute approximate surface area is 147 Å². The van der Waals surface area contributed by atoms with E-state index in [0.717, 1.165) is 16.7 Å². The van der Waals surface area contributed by atoms with Crippen molar-refractivity contribution >= 4 is 18.5 Å². The van der Waals surface area contributed by atoms with Gasteiger partial charge in [-0.05, 0) is 49.1 Å². The Bertz CT molecular complexity index is 724. The molecule has 0 fully saturated rings. The van der Waals surface area contributed by atoms with Gasteiger partial charge in [0.05, 0.1) is 12.6 Å². The minimum Gasteiger partial charge on any atom is -0.463 e. The number of nitrogens with one attached hydrogen (secondary N) is 1. The first-order valence-corrected chi connectivity index (χ1v) is 8.18. The van der Waals surface area contributed by atoms with Crippen molar-refractivity contribution in [3.63, 3.8) is 0 Å². The molecule has 130 valence electrons. The number of benzene rings is 1. The zero-order valence-electron chi connectivity index (χ0n) is 14.4. The molecule has 2 aromatic rings. The number of nitrogens with zero attached hydrogens (tertiary/aromatic N) is 1. The zero-order valence-corrected chi connectivity index (χ0v) is 14.4. The molecule has 1 heterocycles. The fourth-order valence-electron chi connectivity index (χ4n) is 2.48. The van der Waals surface area contributed by atoms with Gasteiger partial charge >= 0.3 is 5.97 Å². The molecule has 0 spiro atoms. The molecule has 0 radical (unpaired) electrons. The Kier molecular flexibility index (Phi) is 6.89. The van der Waals surface area contributed by atoms with Crippen LogP contribution in [0, 0.1) is 0 Å². The van der Waals surface area contributed by atoms with Gasteiger partial charge in [0.25, 0.3) is 0 Å². The maximum Gasteiger partial charge on any atom is 0.333 e. The third-order valence-electron chi connectivity index (χ3n) is 3.76. The molecule has 0 bridgehead atoms. The largest absolute Gasteiger partial charge is 0.463 e. The van der Waals surface area contributed by atoms with Gasteiger partial charge in [-0.1, -0.05) is 30.3 Å². The van der Waals surface area contributed by atoms with E-state index < -0.39 is 0 Å². The number of amides is 1. The van der Waals surface area contributed by atoms with Gasteiger partial charge in [0, 0.05) is 18.0 Å². The van der Waals surface area contributed by atoms with E-state index >= 15 is 0 Å². The maximum atomic E-state index is 11.7. The van der Waals surface area contributed by atoms with Crippen LogP contribution in [0.3, 0.4) is 0 Å². The van der Waals surface area contributed by atoms with Crippen molar-refractivity contribution in [2.24, 2.45) is 0 Å². The number of carbonyl (C=O) groups excluding carboxylic acids is 2. The molecule has 0 aliphatic rings. The molecular formula is C20H22N2O3. The highest BCUT2D eigenvalue weighted by atomic mass is 16.5. The fourth-order valence-corrected chi connectivity index (χ4v) is 2.48. The molecule has 2 rings (SSSR count). The molecule has 5 heteroatoms. The van der Waals surface area contributed by atoms with E-state index in [1.807, 2.05) is 36.4 Å². The summed E-state index contributed by atoms with van der Waals surface area (Å²) in [6, 6.07) is 11.5. The van der Waals surface area contributed by atoms with E-state index in [1.165, 1.54) is 0 Å². The minimum absolute atomic E-state index is 0.131. The van der Waals surface area contributed by atoms with Crippen LogP contribution in [-0.4, -0.2) is 24.0 Å². The molecule has 25 heavy (non-hydrogen) atoms. The van der Waals surface area contributed by atoms with Gasteiger partial charge in [0.15, 0.2) is 0 Å². The first kappa shape index (κ1) is 18.4. The maximum absolute atomic E-state index is 11.7. The average molecular weight is 338 g/mol. The Morgan fingerprint density at radius 2 is 2.04 bits per heavy atom. The van der Waals surface area contributed by atoms with Crippen LogP contribution >= 0.6 is 0 Å². The van der Waals surface area contributed by atoms with Crippen LogP contribution in [0.2, 0.25) is 0 Å². The van der Waals surface area contributed by atoms with Crippen molar-refractivity contribution in [3.05, 3.63) is 71.1 Å². The lowest BCUT2D eigenvalue weighted by Crippen LogP contribution is -2.21. The van der Waals surface area contributed by atoms with Gasteiger partial charge in [0.2, 0.25) is 6.41 Å². The first-order chi connectivity index (χ1) is 12.1. The topological polar surface area (TPSA) is 68.3 Å². The lowest BCUT2D eigenvalue weighted by molar-refractivity contribution is -0.138. The molecule has 1 N–H and O–H groups in total. The lowest BCUT2D eigenvalue weighted by atomic mass is 9.99. The van der Waals surface area contributed by atoms with Crippen LogP contribution in [0.25, 0.3) is 6.08 Å². The van der Waals surface area contributed by atoms with Crippen LogP contribution in [0.5, 0.6) is 0 Å². The number of hydrogen-bond acceptors (Lipinski definition) is 4. The number of esters is 1. The number of ether oxygens (including phenoxy) is 1. The average Bonchev–Trinajstić information content (AvgIpc) is 2.64. The summed E-state index contributed by atoms with van der Waals surface area (Å²) in [6.07, 6.45) is 6.61. The van der Waals surface area contributed by atoms with Gasteiger partial charge in [-0.2, -0.15) is 0 Å². The van der Waals surface area contributed by atoms with E-state index in [-0.39, 0.29) is 12.0 Å². The first-order valence-electron chi connectivity index (χ1n) is 8.18. The number of rotatable bonds is 8. The second-order valence-corrected chi connectivity index (χ2v) is 5.62. The van der Waals surface area contributed by atoms with Gasteiger partial charge in [-0.3, -0.25) is 9.78 Å². The third kappa shape index (κ3) is 5.57. The lowest BCUT2D eigenvalue weighted by Gasteiger charge is -2.16. The number of hydrogen-bond donors (Lipinski definition) is 1. The molecule has 1 aromatic carbocycles. The molecule has 1 unspecified atom stereocenters. The number of aromatic nitrogens is 1. The molecule has 1 atom stereocenters. The van der Waals surface area contributed by atoms with E-state index in [0.29, 0.717) is 25.0 Å².